The number of hydrogen-bond acceptors (Lipinski definition) is 6. The minimum Gasteiger partial charge on any atom is -0.383 e. The number of nitrogens with two attached hydrogens (primary N) is 1. The number of anilines is 2. The number of nitrogens with one attached hydrogen (secondary N) is 1. The second kappa shape index (κ2) is 8.45. The lowest BCUT2D eigenvalue weighted by atomic mass is 10.1. The lowest BCUT2D eigenvalue weighted by Crippen LogP contribution is -1.99. The quantitative estimate of drug-likeness (QED) is 0.442. The molecule has 0 aliphatic carbocycles. The number of thiazole rings is 1. The van der Waals surface area contributed by atoms with E-state index in [9.17, 15) is 4.39 Å². The molecule has 0 bridgehead atoms. The number of nitrogen functional groups attached to an aromatic ring is 1. The number of unbranched alkanes of at least 4 members (excludes halogenated alkanes) is 1. The van der Waals surface area contributed by atoms with Gasteiger partial charge in [-0.1, -0.05) is 25.5 Å². The fraction of sp³-hybridized carbons (Fsp3) is 0.333. The molecule has 7 heteroatoms. The Kier molecular flexibility index (Phi) is 6.29. The van der Waals surface area contributed by atoms with Crippen LogP contribution in [0, 0.1) is 5.82 Å². The van der Waals surface area contributed by atoms with Gasteiger partial charge >= 0.3 is 0 Å². The Balaban J connectivity index is 1.88. The molecule has 0 saturated heterocycles. The van der Waals surface area contributed by atoms with Crippen LogP contribution in [0.3, 0.4) is 0 Å². The van der Waals surface area contributed by atoms with Crippen LogP contribution in [-0.2, 0) is 11.3 Å². The van der Waals surface area contributed by atoms with Gasteiger partial charge in [0.2, 0.25) is 5.13 Å². The topological polar surface area (TPSA) is 72.5 Å². The maximum atomic E-state index is 13.9. The van der Waals surface area contributed by atoms with Gasteiger partial charge in [0.05, 0.1) is 12.8 Å². The van der Waals surface area contributed by atoms with Crippen LogP contribution in [0.4, 0.5) is 15.3 Å². The van der Waals surface area contributed by atoms with Crippen LogP contribution in [0.5, 0.6) is 0 Å². The molecule has 0 aliphatic rings. The third-order valence-electron chi connectivity index (χ3n) is 2.87. The molecule has 0 spiro atoms. The molecule has 0 atom stereocenters. The summed E-state index contributed by atoms with van der Waals surface area (Å²) >= 11 is 1.35. The van der Waals surface area contributed by atoms with Gasteiger partial charge < -0.3 is 10.5 Å². The van der Waals surface area contributed by atoms with Crippen molar-refractivity contribution in [2.75, 3.05) is 17.8 Å². The van der Waals surface area contributed by atoms with Crippen LogP contribution < -0.4 is 11.2 Å². The van der Waals surface area contributed by atoms with Gasteiger partial charge in [0.25, 0.3) is 0 Å². The number of hydrazone groups is 1. The molecule has 0 unspecified atom stereocenters. The molecule has 1 aromatic carbocycles. The highest BCUT2D eigenvalue weighted by molar-refractivity contribution is 7.14. The van der Waals surface area contributed by atoms with E-state index in [1.807, 2.05) is 0 Å². The summed E-state index contributed by atoms with van der Waals surface area (Å²) in [5.74, 6) is 0.153. The molecule has 118 valence electrons. The summed E-state index contributed by atoms with van der Waals surface area (Å²) in [5.41, 5.74) is 9.46. The van der Waals surface area contributed by atoms with Crippen LogP contribution in [-0.4, -0.2) is 17.8 Å². The summed E-state index contributed by atoms with van der Waals surface area (Å²) in [7, 11) is 0. The van der Waals surface area contributed by atoms with E-state index in [0.29, 0.717) is 35.3 Å². The molecular weight excluding hydrogens is 303 g/mol. The monoisotopic (exact) mass is 322 g/mol. The molecule has 0 amide bonds. The summed E-state index contributed by atoms with van der Waals surface area (Å²) in [5, 5.41) is 6.31. The van der Waals surface area contributed by atoms with Crippen molar-refractivity contribution in [3.05, 3.63) is 40.5 Å². The lowest BCUT2D eigenvalue weighted by molar-refractivity contribution is 0.116. The third kappa shape index (κ3) is 5.09. The van der Waals surface area contributed by atoms with Crippen LogP contribution in [0.2, 0.25) is 0 Å². The summed E-state index contributed by atoms with van der Waals surface area (Å²) in [6.45, 7) is 3.03. The Labute approximate surface area is 133 Å². The fourth-order valence-corrected chi connectivity index (χ4v) is 2.24. The van der Waals surface area contributed by atoms with Crippen molar-refractivity contribution in [1.29, 1.82) is 0 Å². The van der Waals surface area contributed by atoms with Crippen molar-refractivity contribution < 1.29 is 9.13 Å². The number of nitrogens with zero attached hydrogens (tertiary/aromatic N) is 2. The minimum atomic E-state index is -0.293. The average molecular weight is 322 g/mol. The highest BCUT2D eigenvalue weighted by Crippen LogP contribution is 2.16. The molecule has 1 aromatic heterocycles. The zero-order valence-corrected chi connectivity index (χ0v) is 13.2. The first-order valence-electron chi connectivity index (χ1n) is 7.05. The number of rotatable bonds is 8. The summed E-state index contributed by atoms with van der Waals surface area (Å²) in [6.07, 6.45) is 3.58. The van der Waals surface area contributed by atoms with Crippen LogP contribution >= 0.6 is 11.3 Å². The Morgan fingerprint density at radius 3 is 3.05 bits per heavy atom. The van der Waals surface area contributed by atoms with Crippen molar-refractivity contribution in [3.8, 4) is 0 Å². The molecular formula is C15H19FN4OS. The van der Waals surface area contributed by atoms with Gasteiger partial charge in [0, 0.05) is 17.6 Å². The molecule has 2 rings (SSSR count). The van der Waals surface area contributed by atoms with E-state index in [0.717, 1.165) is 12.8 Å². The number of halogens is 1. The maximum Gasteiger partial charge on any atom is 0.205 e. The molecule has 3 N–H and O–H groups in total. The third-order valence-corrected chi connectivity index (χ3v) is 3.64. The Morgan fingerprint density at radius 1 is 1.50 bits per heavy atom. The predicted octanol–water partition coefficient (Wildman–Crippen LogP) is 3.63. The number of aromatic nitrogens is 1. The van der Waals surface area contributed by atoms with Gasteiger partial charge in [0.1, 0.15) is 11.6 Å². The van der Waals surface area contributed by atoms with Gasteiger partial charge in [-0.3, -0.25) is 5.43 Å². The van der Waals surface area contributed by atoms with E-state index < -0.39 is 0 Å². The van der Waals surface area contributed by atoms with E-state index >= 15 is 0 Å². The van der Waals surface area contributed by atoms with Crippen molar-refractivity contribution in [2.45, 2.75) is 26.4 Å². The SMILES string of the molecule is CCCCOCc1ccc(C=NNc2nc(N)cs2)cc1F. The van der Waals surface area contributed by atoms with E-state index in [1.54, 1.807) is 17.5 Å². The predicted molar refractivity (Wildman–Crippen MR) is 88.7 cm³/mol. The van der Waals surface area contributed by atoms with E-state index in [-0.39, 0.29) is 5.82 Å². The van der Waals surface area contributed by atoms with Gasteiger partial charge in [-0.2, -0.15) is 5.10 Å². The molecule has 0 aliphatic heterocycles. The summed E-state index contributed by atoms with van der Waals surface area (Å²) in [6, 6.07) is 4.94. The van der Waals surface area contributed by atoms with Crippen molar-refractivity contribution in [3.63, 3.8) is 0 Å². The lowest BCUT2D eigenvalue weighted by Gasteiger charge is -2.05. The summed E-state index contributed by atoms with van der Waals surface area (Å²) in [4.78, 5) is 4.00. The zero-order valence-electron chi connectivity index (χ0n) is 12.4. The highest BCUT2D eigenvalue weighted by Gasteiger charge is 2.03. The molecule has 0 radical (unpaired) electrons. The first kappa shape index (κ1) is 16.4. The molecule has 0 fully saturated rings. The Hall–Kier alpha value is -1.99. The first-order chi connectivity index (χ1) is 10.7. The fourth-order valence-electron chi connectivity index (χ4n) is 1.69. The standard InChI is InChI=1S/C15H19FN4OS/c1-2-3-6-21-9-12-5-4-11(7-13(12)16)8-18-20-15-19-14(17)10-22-15/h4-5,7-8,10H,2-3,6,9,17H2,1H3,(H,19,20). The van der Waals surface area contributed by atoms with E-state index in [1.165, 1.54) is 23.6 Å². The van der Waals surface area contributed by atoms with Gasteiger partial charge in [-0.15, -0.1) is 11.3 Å². The Bertz CT molecular complexity index is 630. The van der Waals surface area contributed by atoms with Gasteiger partial charge in [0.15, 0.2) is 0 Å². The maximum absolute atomic E-state index is 13.9. The van der Waals surface area contributed by atoms with E-state index in [2.05, 4.69) is 22.4 Å². The van der Waals surface area contributed by atoms with Crippen LogP contribution in [0.1, 0.15) is 30.9 Å². The molecule has 2 aromatic rings. The molecule has 22 heavy (non-hydrogen) atoms. The highest BCUT2D eigenvalue weighted by atomic mass is 32.1. The smallest absolute Gasteiger partial charge is 0.205 e. The molecule has 5 nitrogen and oxygen atoms in total. The van der Waals surface area contributed by atoms with Crippen molar-refractivity contribution in [1.82, 2.24) is 4.98 Å². The second-order valence-corrected chi connectivity index (χ2v) is 5.56. The van der Waals surface area contributed by atoms with Crippen LogP contribution in [0.25, 0.3) is 0 Å². The average Bonchev–Trinajstić information content (AvgIpc) is 2.91. The minimum absolute atomic E-state index is 0.292. The molecule has 1 heterocycles. The summed E-state index contributed by atoms with van der Waals surface area (Å²) < 4.78 is 19.3. The van der Waals surface area contributed by atoms with Crippen molar-refractivity contribution >= 4 is 28.5 Å². The first-order valence-corrected chi connectivity index (χ1v) is 7.93. The Morgan fingerprint density at radius 2 is 2.36 bits per heavy atom. The molecule has 0 saturated carbocycles. The zero-order chi connectivity index (χ0) is 15.8. The normalized spacial score (nSPS) is 11.2. The van der Waals surface area contributed by atoms with E-state index in [4.69, 9.17) is 10.5 Å². The number of hydrogen-bond donors (Lipinski definition) is 2. The second-order valence-electron chi connectivity index (χ2n) is 4.70. The largest absolute Gasteiger partial charge is 0.383 e. The number of ether oxygens (including phenoxy) is 1. The van der Waals surface area contributed by atoms with Crippen LogP contribution in [0.15, 0.2) is 28.7 Å². The number of benzene rings is 1. The van der Waals surface area contributed by atoms with Crippen molar-refractivity contribution in [2.24, 2.45) is 5.10 Å². The van der Waals surface area contributed by atoms with Gasteiger partial charge in [-0.25, -0.2) is 9.37 Å². The van der Waals surface area contributed by atoms with Gasteiger partial charge in [-0.05, 0) is 18.1 Å².